The molecule has 1 amide bonds. The van der Waals surface area contributed by atoms with Crippen molar-refractivity contribution in [2.75, 3.05) is 18.6 Å². The Bertz CT molecular complexity index is 603. The van der Waals surface area contributed by atoms with Crippen LogP contribution >= 0.6 is 0 Å². The fourth-order valence-electron chi connectivity index (χ4n) is 1.53. The molecule has 7 nitrogen and oxygen atoms in total. The molecule has 0 radical (unpaired) electrons. The normalized spacial score (nSPS) is 12.9. The second-order valence-corrected chi connectivity index (χ2v) is 6.87. The molecule has 8 heteroatoms. The molecule has 1 unspecified atom stereocenters. The second kappa shape index (κ2) is 6.08. The van der Waals surface area contributed by atoms with Gasteiger partial charge in [0.25, 0.3) is 5.91 Å². The highest BCUT2D eigenvalue weighted by Gasteiger charge is 2.24. The van der Waals surface area contributed by atoms with Gasteiger partial charge in [0.2, 0.25) is 0 Å². The fraction of sp³-hybridized carbons (Fsp3) is 0.500. The van der Waals surface area contributed by atoms with E-state index in [1.165, 1.54) is 18.9 Å². The monoisotopic (exact) mass is 303 g/mol. The van der Waals surface area contributed by atoms with E-state index in [1.807, 2.05) is 0 Å². The number of nitrogens with zero attached hydrogens (tertiary/aromatic N) is 1. The van der Waals surface area contributed by atoms with Crippen LogP contribution in [0.1, 0.15) is 34.8 Å². The lowest BCUT2D eigenvalue weighted by molar-refractivity contribution is 0.0693. The third-order valence-corrected chi connectivity index (χ3v) is 4.84. The maximum atomic E-state index is 12.0. The van der Waals surface area contributed by atoms with Gasteiger partial charge in [-0.05, 0) is 6.92 Å². The minimum absolute atomic E-state index is 0.00326. The first kappa shape index (κ1) is 16.2. The van der Waals surface area contributed by atoms with Crippen LogP contribution in [0.2, 0.25) is 0 Å². The van der Waals surface area contributed by atoms with Crippen LogP contribution in [-0.2, 0) is 9.84 Å². The van der Waals surface area contributed by atoms with Gasteiger partial charge in [0.05, 0.1) is 11.3 Å². The van der Waals surface area contributed by atoms with Gasteiger partial charge in [-0.25, -0.2) is 13.2 Å². The van der Waals surface area contributed by atoms with Gasteiger partial charge in [-0.1, -0.05) is 6.92 Å². The number of carbonyl (C=O) groups excluding carboxylic acids is 1. The summed E-state index contributed by atoms with van der Waals surface area (Å²) in [4.78, 5) is 24.0. The molecule has 1 aromatic rings. The Morgan fingerprint density at radius 1 is 1.45 bits per heavy atom. The zero-order chi connectivity index (χ0) is 15.5. The number of rotatable bonds is 6. The van der Waals surface area contributed by atoms with Crippen molar-refractivity contribution in [2.45, 2.75) is 19.9 Å². The number of sulfone groups is 1. The van der Waals surface area contributed by atoms with Crippen molar-refractivity contribution in [3.8, 4) is 0 Å². The molecule has 112 valence electrons. The number of carboxylic acid groups (broad SMARTS) is 1. The quantitative estimate of drug-likeness (QED) is 0.836. The number of carboxylic acids is 1. The topological polar surface area (TPSA) is 105 Å². The molecule has 1 atom stereocenters. The van der Waals surface area contributed by atoms with Gasteiger partial charge in [0.15, 0.2) is 15.6 Å². The first-order chi connectivity index (χ1) is 9.18. The molecule has 0 aliphatic rings. The van der Waals surface area contributed by atoms with Crippen molar-refractivity contribution in [1.29, 1.82) is 0 Å². The number of carbonyl (C=O) groups is 2. The van der Waals surface area contributed by atoms with Crippen LogP contribution in [0.5, 0.6) is 0 Å². The summed E-state index contributed by atoms with van der Waals surface area (Å²) in [5.74, 6) is -2.04. The maximum Gasteiger partial charge on any atom is 0.338 e. The highest BCUT2D eigenvalue weighted by Crippen LogP contribution is 2.12. The van der Waals surface area contributed by atoms with Crippen LogP contribution in [0, 0.1) is 0 Å². The van der Waals surface area contributed by atoms with E-state index in [4.69, 9.17) is 9.52 Å². The minimum atomic E-state index is -3.21. The van der Waals surface area contributed by atoms with Crippen LogP contribution < -0.4 is 0 Å². The van der Waals surface area contributed by atoms with E-state index in [0.29, 0.717) is 0 Å². The third-order valence-electron chi connectivity index (χ3n) is 2.97. The molecule has 0 aliphatic heterocycles. The number of furan rings is 1. The van der Waals surface area contributed by atoms with Crippen LogP contribution in [0.4, 0.5) is 0 Å². The van der Waals surface area contributed by atoms with Crippen molar-refractivity contribution in [1.82, 2.24) is 4.90 Å². The minimum Gasteiger partial charge on any atom is -0.478 e. The summed E-state index contributed by atoms with van der Waals surface area (Å²) in [7, 11) is -1.76. The number of hydrogen-bond acceptors (Lipinski definition) is 5. The Hall–Kier alpha value is -1.83. The average Bonchev–Trinajstić information content (AvgIpc) is 2.86. The van der Waals surface area contributed by atoms with Crippen molar-refractivity contribution in [2.24, 2.45) is 0 Å². The summed E-state index contributed by atoms with van der Waals surface area (Å²) >= 11 is 0. The SMILES string of the molecule is CCS(=O)(=O)CC(C)N(C)C(=O)c1cc(C(=O)O)co1. The largest absolute Gasteiger partial charge is 0.478 e. The van der Waals surface area contributed by atoms with Crippen LogP contribution in [-0.4, -0.2) is 54.9 Å². The molecule has 1 rings (SSSR count). The highest BCUT2D eigenvalue weighted by molar-refractivity contribution is 7.91. The summed E-state index contributed by atoms with van der Waals surface area (Å²) in [6.07, 6.45) is 0.969. The van der Waals surface area contributed by atoms with Gasteiger partial charge in [-0.3, -0.25) is 4.79 Å². The van der Waals surface area contributed by atoms with E-state index in [0.717, 1.165) is 12.3 Å². The predicted molar refractivity (Wildman–Crippen MR) is 71.6 cm³/mol. The van der Waals surface area contributed by atoms with E-state index in [-0.39, 0.29) is 22.8 Å². The van der Waals surface area contributed by atoms with E-state index in [1.54, 1.807) is 6.92 Å². The van der Waals surface area contributed by atoms with E-state index in [2.05, 4.69) is 0 Å². The Morgan fingerprint density at radius 2 is 2.05 bits per heavy atom. The third kappa shape index (κ3) is 3.83. The van der Waals surface area contributed by atoms with Crippen molar-refractivity contribution in [3.63, 3.8) is 0 Å². The van der Waals surface area contributed by atoms with E-state index < -0.39 is 27.8 Å². The van der Waals surface area contributed by atoms with E-state index in [9.17, 15) is 18.0 Å². The Balaban J connectivity index is 2.82. The zero-order valence-corrected chi connectivity index (χ0v) is 12.3. The van der Waals surface area contributed by atoms with Crippen LogP contribution in [0.3, 0.4) is 0 Å². The maximum absolute atomic E-state index is 12.0. The molecule has 1 N–H and O–H groups in total. The molecule has 0 spiro atoms. The molecule has 0 bridgehead atoms. The lowest BCUT2D eigenvalue weighted by atomic mass is 10.2. The van der Waals surface area contributed by atoms with Crippen molar-refractivity contribution >= 4 is 21.7 Å². The Kier molecular flexibility index (Phi) is 4.93. The number of hydrogen-bond donors (Lipinski definition) is 1. The van der Waals surface area contributed by atoms with E-state index >= 15 is 0 Å². The van der Waals surface area contributed by atoms with Crippen molar-refractivity contribution < 1.29 is 27.5 Å². The molecule has 1 heterocycles. The Labute approximate surface area is 117 Å². The van der Waals surface area contributed by atoms with Crippen molar-refractivity contribution in [3.05, 3.63) is 23.7 Å². The molecule has 0 fully saturated rings. The van der Waals surface area contributed by atoms with Gasteiger partial charge < -0.3 is 14.4 Å². The smallest absolute Gasteiger partial charge is 0.338 e. The summed E-state index contributed by atoms with van der Waals surface area (Å²) in [5.41, 5.74) is -0.129. The molecule has 20 heavy (non-hydrogen) atoms. The Morgan fingerprint density at radius 3 is 2.50 bits per heavy atom. The van der Waals surface area contributed by atoms with Gasteiger partial charge in [-0.15, -0.1) is 0 Å². The fourth-order valence-corrected chi connectivity index (χ4v) is 2.73. The molecule has 0 saturated heterocycles. The predicted octanol–water partition coefficient (Wildman–Crippen LogP) is 0.873. The molecular weight excluding hydrogens is 286 g/mol. The molecular formula is C12H17NO6S. The molecule has 1 aromatic heterocycles. The number of aromatic carboxylic acids is 1. The standard InChI is InChI=1S/C12H17NO6S/c1-4-20(17,18)7-8(2)13(3)11(14)10-5-9(6-19-10)12(15)16/h5-6,8H,4,7H2,1-3H3,(H,15,16). The van der Waals surface area contributed by atoms with Crippen LogP contribution in [0.25, 0.3) is 0 Å². The lowest BCUT2D eigenvalue weighted by Gasteiger charge is -2.23. The lowest BCUT2D eigenvalue weighted by Crippen LogP contribution is -2.39. The van der Waals surface area contributed by atoms with Gasteiger partial charge in [-0.2, -0.15) is 0 Å². The first-order valence-electron chi connectivity index (χ1n) is 5.97. The van der Waals surface area contributed by atoms with Gasteiger partial charge in [0, 0.05) is 24.9 Å². The summed E-state index contributed by atoms with van der Waals surface area (Å²) in [6, 6.07) is 0.577. The molecule has 0 aromatic carbocycles. The first-order valence-corrected chi connectivity index (χ1v) is 7.79. The van der Waals surface area contributed by atoms with Gasteiger partial charge >= 0.3 is 5.97 Å². The van der Waals surface area contributed by atoms with Crippen LogP contribution in [0.15, 0.2) is 16.7 Å². The highest BCUT2D eigenvalue weighted by atomic mass is 32.2. The van der Waals surface area contributed by atoms with Gasteiger partial charge in [0.1, 0.15) is 6.26 Å². The molecule has 0 saturated carbocycles. The summed E-state index contributed by atoms with van der Waals surface area (Å²) in [6.45, 7) is 3.14. The molecule has 0 aliphatic carbocycles. The zero-order valence-electron chi connectivity index (χ0n) is 11.5. The summed E-state index contributed by atoms with van der Waals surface area (Å²) < 4.78 is 27.9. The second-order valence-electron chi connectivity index (χ2n) is 4.47. The summed E-state index contributed by atoms with van der Waals surface area (Å²) in [5, 5.41) is 8.75. The average molecular weight is 303 g/mol. The number of amides is 1.